The summed E-state index contributed by atoms with van der Waals surface area (Å²) in [4.78, 5) is 53.0. The van der Waals surface area contributed by atoms with Crippen LogP contribution in [0.25, 0.3) is 20.2 Å². The second kappa shape index (κ2) is 32.7. The van der Waals surface area contributed by atoms with Gasteiger partial charge in [-0.05, 0) is 154 Å². The number of carbonyl (C=O) groups excluding carboxylic acids is 4. The maximum atomic E-state index is 13.4. The van der Waals surface area contributed by atoms with Gasteiger partial charge in [-0.15, -0.1) is 35.1 Å². The predicted octanol–water partition coefficient (Wildman–Crippen LogP) is 12.3. The molecule has 0 bridgehead atoms. The summed E-state index contributed by atoms with van der Waals surface area (Å²) in [7, 11) is 0.765. The van der Waals surface area contributed by atoms with E-state index in [0.29, 0.717) is 41.0 Å². The Morgan fingerprint density at radius 2 is 1.05 bits per heavy atom. The number of nitrogens with zero attached hydrogens (tertiary/aromatic N) is 1. The van der Waals surface area contributed by atoms with Gasteiger partial charge < -0.3 is 26.6 Å². The molecular weight excluding hydrogens is 1280 g/mol. The summed E-state index contributed by atoms with van der Waals surface area (Å²) in [5.74, 6) is -0.889. The van der Waals surface area contributed by atoms with E-state index in [-0.39, 0.29) is 67.9 Å². The van der Waals surface area contributed by atoms with Crippen LogP contribution in [-0.2, 0) is 28.7 Å². The zero-order chi connectivity index (χ0) is 57.1. The van der Waals surface area contributed by atoms with E-state index in [1.807, 2.05) is 67.7 Å². The Balaban J connectivity index is 0.000000249. The molecular formula is C56H68Br2Cl2F2N6O8S4. The number of nitrogens with one attached hydrogen (secondary N) is 5. The lowest BCUT2D eigenvalue weighted by molar-refractivity contribution is -0.124. The quantitative estimate of drug-likeness (QED) is 0.0344. The number of fused-ring (bicyclic) bond motifs is 2. The highest BCUT2D eigenvalue weighted by atomic mass is 79.9. The highest BCUT2D eigenvalue weighted by Crippen LogP contribution is 2.32. The van der Waals surface area contributed by atoms with Crippen molar-refractivity contribution in [2.24, 2.45) is 11.8 Å². The Morgan fingerprint density at radius 1 is 0.625 bits per heavy atom. The molecule has 2 heterocycles. The van der Waals surface area contributed by atoms with Gasteiger partial charge >= 0.3 is 0 Å². The van der Waals surface area contributed by atoms with Crippen LogP contribution in [0.5, 0.6) is 0 Å². The van der Waals surface area contributed by atoms with Gasteiger partial charge in [-0.25, -0.2) is 29.9 Å². The monoisotopic (exact) mass is 1350 g/mol. The van der Waals surface area contributed by atoms with Gasteiger partial charge in [0.05, 0.1) is 19.5 Å². The Bertz CT molecular complexity index is 3190. The minimum Gasteiger partial charge on any atom is -0.354 e. The second-order valence-corrected chi connectivity index (χ2v) is 28.1. The minimum absolute atomic E-state index is 0. The van der Waals surface area contributed by atoms with Crippen LogP contribution in [0.2, 0.25) is 0 Å². The Kier molecular flexibility index (Phi) is 27.2. The number of hydrogen-bond donors (Lipinski definition) is 5. The first kappa shape index (κ1) is 66.7. The summed E-state index contributed by atoms with van der Waals surface area (Å²) >= 11 is 8.88. The van der Waals surface area contributed by atoms with Crippen molar-refractivity contribution in [3.8, 4) is 0 Å². The molecule has 0 aliphatic heterocycles. The lowest BCUT2D eigenvalue weighted by Crippen LogP contribution is -2.48. The lowest BCUT2D eigenvalue weighted by Gasteiger charge is -2.26. The number of amides is 4. The van der Waals surface area contributed by atoms with Crippen molar-refractivity contribution >= 4 is 140 Å². The third-order valence-electron chi connectivity index (χ3n) is 13.7. The molecule has 436 valence electrons. The largest absolute Gasteiger partial charge is 0.354 e. The Hall–Kier alpha value is -4.10. The summed E-state index contributed by atoms with van der Waals surface area (Å²) in [5.41, 5.74) is 0. The fraction of sp³-hybridized carbons (Fsp3) is 0.429. The van der Waals surface area contributed by atoms with E-state index in [4.69, 9.17) is 10.7 Å². The maximum absolute atomic E-state index is 13.4. The average molecular weight is 1350 g/mol. The summed E-state index contributed by atoms with van der Waals surface area (Å²) in [6.07, 6.45) is 14.2. The highest BCUT2D eigenvalue weighted by Gasteiger charge is 2.29. The Morgan fingerprint density at radius 3 is 1.46 bits per heavy atom. The van der Waals surface area contributed by atoms with Crippen LogP contribution in [0.3, 0.4) is 0 Å². The molecule has 0 unspecified atom stereocenters. The number of sulfonamides is 1. The van der Waals surface area contributed by atoms with Gasteiger partial charge in [0.1, 0.15) is 23.7 Å². The number of halogens is 6. The van der Waals surface area contributed by atoms with Gasteiger partial charge in [0, 0.05) is 55.7 Å². The van der Waals surface area contributed by atoms with Crippen LogP contribution in [0.1, 0.15) is 109 Å². The van der Waals surface area contributed by atoms with Crippen molar-refractivity contribution in [2.75, 3.05) is 40.3 Å². The van der Waals surface area contributed by atoms with Crippen molar-refractivity contribution in [2.45, 2.75) is 112 Å². The normalized spacial score (nSPS) is 14.8. The van der Waals surface area contributed by atoms with E-state index < -0.39 is 42.8 Å². The van der Waals surface area contributed by atoms with E-state index in [1.54, 1.807) is 0 Å². The van der Waals surface area contributed by atoms with Crippen molar-refractivity contribution in [3.63, 3.8) is 0 Å². The fourth-order valence-electron chi connectivity index (χ4n) is 9.50. The van der Waals surface area contributed by atoms with Crippen LogP contribution in [0.4, 0.5) is 8.78 Å². The van der Waals surface area contributed by atoms with E-state index in [2.05, 4.69) is 58.4 Å². The average Bonchev–Trinajstić information content (AvgIpc) is 4.07. The molecule has 2 saturated carbocycles. The molecule has 2 aliphatic carbocycles. The van der Waals surface area contributed by atoms with Crippen LogP contribution in [0.15, 0.2) is 116 Å². The molecule has 4 amide bonds. The number of benzene rings is 4. The number of thiophene rings is 2. The van der Waals surface area contributed by atoms with Gasteiger partial charge in [-0.1, -0.05) is 101 Å². The SMILES string of the molecule is CN(CCCNC(=O)[C@H](CC1CCCCC1)NC(=O)c1cc2ccccc2s1)S(=O)(=O)c1ccc(F)cc1Br.CNCCCNC(=O)[C@H](CC1CCCCC1)NC(=O)c1cc2ccccc2s1.Cl.O=S(=O)(Cl)c1ccc(F)cc1Br. The van der Waals surface area contributed by atoms with E-state index in [9.17, 15) is 44.8 Å². The van der Waals surface area contributed by atoms with Crippen LogP contribution in [0, 0.1) is 23.5 Å². The zero-order valence-electron chi connectivity index (χ0n) is 44.4. The highest BCUT2D eigenvalue weighted by molar-refractivity contribution is 9.10. The van der Waals surface area contributed by atoms with Crippen molar-refractivity contribution in [3.05, 3.63) is 127 Å². The second-order valence-electron chi connectivity index (χ2n) is 19.6. The standard InChI is InChI=1S/C28H33BrFN3O4S2.C22H31N3O2S.C6H3BrClFO2S.ClH/c1-33(39(36,37)26-13-12-21(30)18-22(26)29)15-7-14-31-27(34)23(16-19-8-3-2-4-9-19)32-28(35)25-17-20-10-5-6-11-24(20)38-25;1-23-12-7-13-24-21(26)18(14-16-8-3-2-4-9-16)25-22(27)20-15-17-10-5-6-11-19(17)28-20;7-5-3-4(9)1-2-6(5)12(8,10)11;/h5-6,10-13,17-19,23H,2-4,7-9,14-16H2,1H3,(H,31,34)(H,32,35);5-6,10-11,15-16,18,23H,2-4,7-9,12-14H2,1H3,(H,24,26)(H,25,27);1-3H;1H/t23-;18-;;/m00../s1. The fourth-order valence-corrected chi connectivity index (χ4v) is 15.8. The van der Waals surface area contributed by atoms with Gasteiger partial charge in [0.2, 0.25) is 21.8 Å². The maximum Gasteiger partial charge on any atom is 0.262 e. The molecule has 6 aromatic rings. The number of rotatable bonds is 21. The van der Waals surface area contributed by atoms with Crippen molar-refractivity contribution in [1.82, 2.24) is 30.9 Å². The minimum atomic E-state index is -3.83. The topological polar surface area (TPSA) is 200 Å². The number of hydrogen-bond acceptors (Lipinski definition) is 11. The predicted molar refractivity (Wildman–Crippen MR) is 326 cm³/mol. The smallest absolute Gasteiger partial charge is 0.262 e. The van der Waals surface area contributed by atoms with Crippen LogP contribution >= 0.6 is 77.6 Å². The first-order valence-electron chi connectivity index (χ1n) is 26.3. The molecule has 14 nitrogen and oxygen atoms in total. The summed E-state index contributed by atoms with van der Waals surface area (Å²) in [5, 5.41) is 17.0. The summed E-state index contributed by atoms with van der Waals surface area (Å²) in [6.45, 7) is 1.90. The molecule has 0 radical (unpaired) electrons. The molecule has 2 fully saturated rings. The van der Waals surface area contributed by atoms with Crippen molar-refractivity contribution < 1.29 is 44.8 Å². The molecule has 0 spiro atoms. The van der Waals surface area contributed by atoms with Gasteiger partial charge in [0.15, 0.2) is 0 Å². The first-order valence-corrected chi connectivity index (χ1v) is 33.3. The zero-order valence-corrected chi connectivity index (χ0v) is 52.4. The lowest BCUT2D eigenvalue weighted by atomic mass is 9.84. The van der Waals surface area contributed by atoms with Crippen molar-refractivity contribution in [1.29, 1.82) is 0 Å². The van der Waals surface area contributed by atoms with E-state index in [1.165, 1.54) is 65.8 Å². The van der Waals surface area contributed by atoms with E-state index in [0.717, 1.165) is 108 Å². The van der Waals surface area contributed by atoms with Gasteiger partial charge in [-0.3, -0.25) is 19.2 Å². The van der Waals surface area contributed by atoms with E-state index >= 15 is 0 Å². The molecule has 2 atom stereocenters. The molecule has 8 rings (SSSR count). The van der Waals surface area contributed by atoms with Gasteiger partial charge in [-0.2, -0.15) is 0 Å². The molecule has 5 N–H and O–H groups in total. The summed E-state index contributed by atoms with van der Waals surface area (Å²) < 4.78 is 76.7. The summed E-state index contributed by atoms with van der Waals surface area (Å²) in [6, 6.07) is 25.0. The molecule has 4 aromatic carbocycles. The first-order chi connectivity index (χ1) is 37.7. The van der Waals surface area contributed by atoms with Gasteiger partial charge in [0.25, 0.3) is 20.9 Å². The molecule has 0 saturated heterocycles. The molecule has 24 heteroatoms. The molecule has 2 aliphatic rings. The third kappa shape index (κ3) is 20.4. The molecule has 2 aromatic heterocycles. The molecule has 80 heavy (non-hydrogen) atoms. The third-order valence-corrected chi connectivity index (χ3v) is 21.1. The van der Waals surface area contributed by atoms with Crippen LogP contribution in [-0.4, -0.2) is 97.1 Å². The Labute approximate surface area is 503 Å². The van der Waals surface area contributed by atoms with Crippen LogP contribution < -0.4 is 26.6 Å². The number of carbonyl (C=O) groups is 4.